The average Bonchev–Trinajstić information content (AvgIpc) is 2.16. The Balaban J connectivity index is -0.000000240. The Kier molecular flexibility index (Phi) is 39.8. The monoisotopic (exact) mass is 293 g/mol. The Morgan fingerprint density at radius 2 is 0.875 bits per heavy atom. The molecule has 2 N–H and O–H groups in total. The second-order valence-corrected chi connectivity index (χ2v) is 3.97. The van der Waals surface area contributed by atoms with Gasteiger partial charge in [0, 0.05) is 0 Å². The van der Waals surface area contributed by atoms with Gasteiger partial charge < -0.3 is 5.73 Å². The third-order valence-electron chi connectivity index (χ3n) is 2.56. The SMILES string of the molecule is CCCCCCCCCCCCN.Cl.Cl.Cl. The summed E-state index contributed by atoms with van der Waals surface area (Å²) in [6.45, 7) is 3.14. The van der Waals surface area contributed by atoms with E-state index in [-0.39, 0.29) is 37.2 Å². The summed E-state index contributed by atoms with van der Waals surface area (Å²) in [5.74, 6) is 0. The first kappa shape index (κ1) is 25.6. The van der Waals surface area contributed by atoms with Gasteiger partial charge in [-0.1, -0.05) is 64.7 Å². The lowest BCUT2D eigenvalue weighted by atomic mass is 10.1. The van der Waals surface area contributed by atoms with Gasteiger partial charge >= 0.3 is 0 Å². The van der Waals surface area contributed by atoms with Crippen molar-refractivity contribution in [3.63, 3.8) is 0 Å². The van der Waals surface area contributed by atoms with Crippen molar-refractivity contribution in [2.45, 2.75) is 71.1 Å². The van der Waals surface area contributed by atoms with Crippen molar-refractivity contribution >= 4 is 37.2 Å². The Morgan fingerprint density at radius 3 is 1.19 bits per heavy atom. The van der Waals surface area contributed by atoms with Crippen LogP contribution in [0.25, 0.3) is 0 Å². The van der Waals surface area contributed by atoms with Crippen molar-refractivity contribution in [2.75, 3.05) is 6.54 Å². The smallest absolute Gasteiger partial charge is 0.00773 e. The van der Waals surface area contributed by atoms with Crippen molar-refractivity contribution in [2.24, 2.45) is 5.73 Å². The molecule has 104 valence electrons. The second kappa shape index (κ2) is 24.9. The zero-order valence-corrected chi connectivity index (χ0v) is 13.0. The van der Waals surface area contributed by atoms with Crippen LogP contribution in [0.3, 0.4) is 0 Å². The molecule has 0 aromatic heterocycles. The van der Waals surface area contributed by atoms with Crippen LogP contribution in [0.1, 0.15) is 71.1 Å². The van der Waals surface area contributed by atoms with Crippen LogP contribution in [-0.2, 0) is 0 Å². The number of rotatable bonds is 10. The molecule has 0 saturated heterocycles. The van der Waals surface area contributed by atoms with Gasteiger partial charge in [0.05, 0.1) is 0 Å². The van der Waals surface area contributed by atoms with Crippen LogP contribution in [0.2, 0.25) is 0 Å². The van der Waals surface area contributed by atoms with Crippen molar-refractivity contribution < 1.29 is 0 Å². The zero-order valence-electron chi connectivity index (χ0n) is 10.6. The van der Waals surface area contributed by atoms with Gasteiger partial charge in [-0.15, -0.1) is 37.2 Å². The normalized spacial score (nSPS) is 8.62. The van der Waals surface area contributed by atoms with Crippen LogP contribution in [-0.4, -0.2) is 6.54 Å². The molecule has 16 heavy (non-hydrogen) atoms. The lowest BCUT2D eigenvalue weighted by Gasteiger charge is -2.00. The van der Waals surface area contributed by atoms with E-state index in [0.29, 0.717) is 0 Å². The quantitative estimate of drug-likeness (QED) is 0.555. The first-order chi connectivity index (χ1) is 6.41. The topological polar surface area (TPSA) is 26.0 Å². The standard InChI is InChI=1S/C12H27N.3ClH/c1-2-3-4-5-6-7-8-9-10-11-12-13;;;/h2-13H2,1H3;3*1H. The van der Waals surface area contributed by atoms with E-state index in [2.05, 4.69) is 6.92 Å². The molecule has 0 spiro atoms. The molecule has 0 aliphatic carbocycles. The molecule has 0 aromatic carbocycles. The number of nitrogens with two attached hydrogens (primary N) is 1. The van der Waals surface area contributed by atoms with Crippen molar-refractivity contribution in [1.82, 2.24) is 0 Å². The van der Waals surface area contributed by atoms with Crippen LogP contribution >= 0.6 is 37.2 Å². The fraction of sp³-hybridized carbons (Fsp3) is 1.00. The maximum absolute atomic E-state index is 5.42. The number of hydrogen-bond donors (Lipinski definition) is 1. The van der Waals surface area contributed by atoms with Crippen LogP contribution < -0.4 is 5.73 Å². The molecule has 0 aliphatic heterocycles. The third kappa shape index (κ3) is 24.2. The van der Waals surface area contributed by atoms with Gasteiger partial charge in [0.2, 0.25) is 0 Å². The molecule has 0 aromatic rings. The lowest BCUT2D eigenvalue weighted by molar-refractivity contribution is 0.558. The van der Waals surface area contributed by atoms with E-state index in [9.17, 15) is 0 Å². The highest BCUT2D eigenvalue weighted by Crippen LogP contribution is 2.09. The number of halogens is 3. The van der Waals surface area contributed by atoms with Crippen LogP contribution in [0.15, 0.2) is 0 Å². The molecule has 0 aliphatic rings. The first-order valence-electron chi connectivity index (χ1n) is 6.12. The van der Waals surface area contributed by atoms with E-state index in [1.807, 2.05) is 0 Å². The molecule has 0 bridgehead atoms. The highest BCUT2D eigenvalue weighted by atomic mass is 35.5. The fourth-order valence-corrected chi connectivity index (χ4v) is 1.63. The summed E-state index contributed by atoms with van der Waals surface area (Å²) in [5, 5.41) is 0. The molecule has 0 atom stereocenters. The number of unbranched alkanes of at least 4 members (excludes halogenated alkanes) is 9. The average molecular weight is 295 g/mol. The minimum Gasteiger partial charge on any atom is -0.330 e. The van der Waals surface area contributed by atoms with Gasteiger partial charge in [-0.05, 0) is 13.0 Å². The minimum absolute atomic E-state index is 0. The second-order valence-electron chi connectivity index (χ2n) is 3.97. The molecule has 1 nitrogen and oxygen atoms in total. The molecule has 0 radical (unpaired) electrons. The van der Waals surface area contributed by atoms with Gasteiger partial charge in [0.1, 0.15) is 0 Å². The molecule has 0 rings (SSSR count). The molecule has 0 heterocycles. The van der Waals surface area contributed by atoms with E-state index in [4.69, 9.17) is 5.73 Å². The summed E-state index contributed by atoms with van der Waals surface area (Å²) in [7, 11) is 0. The summed E-state index contributed by atoms with van der Waals surface area (Å²) >= 11 is 0. The van der Waals surface area contributed by atoms with Crippen molar-refractivity contribution in [3.05, 3.63) is 0 Å². The molecule has 0 amide bonds. The van der Waals surface area contributed by atoms with Gasteiger partial charge in [0.15, 0.2) is 0 Å². The summed E-state index contributed by atoms with van der Waals surface area (Å²) < 4.78 is 0. The van der Waals surface area contributed by atoms with E-state index in [0.717, 1.165) is 6.54 Å². The largest absolute Gasteiger partial charge is 0.330 e. The predicted octanol–water partition coefficient (Wildman–Crippen LogP) is 5.13. The maximum Gasteiger partial charge on any atom is -0.00773 e. The highest BCUT2D eigenvalue weighted by molar-refractivity contribution is 5.86. The maximum atomic E-state index is 5.42. The summed E-state index contributed by atoms with van der Waals surface area (Å²) in [6.07, 6.45) is 13.9. The van der Waals surface area contributed by atoms with Crippen LogP contribution in [0.4, 0.5) is 0 Å². The Labute approximate surface area is 121 Å². The molecule has 0 unspecified atom stereocenters. The van der Waals surface area contributed by atoms with E-state index >= 15 is 0 Å². The highest BCUT2D eigenvalue weighted by Gasteiger charge is 1.90. The van der Waals surface area contributed by atoms with Crippen molar-refractivity contribution in [1.29, 1.82) is 0 Å². The predicted molar refractivity (Wildman–Crippen MR) is 82.6 cm³/mol. The van der Waals surface area contributed by atoms with Crippen LogP contribution in [0, 0.1) is 0 Å². The fourth-order valence-electron chi connectivity index (χ4n) is 1.63. The molecule has 0 saturated carbocycles. The number of hydrogen-bond acceptors (Lipinski definition) is 1. The first-order valence-corrected chi connectivity index (χ1v) is 6.12. The van der Waals surface area contributed by atoms with E-state index in [1.165, 1.54) is 64.2 Å². The van der Waals surface area contributed by atoms with Crippen molar-refractivity contribution in [3.8, 4) is 0 Å². The Hall–Kier alpha value is 0.830. The summed E-state index contributed by atoms with van der Waals surface area (Å²) in [5.41, 5.74) is 5.42. The minimum atomic E-state index is 0. The van der Waals surface area contributed by atoms with Crippen LogP contribution in [0.5, 0.6) is 0 Å². The molecule has 0 fully saturated rings. The van der Waals surface area contributed by atoms with Gasteiger partial charge in [-0.25, -0.2) is 0 Å². The van der Waals surface area contributed by atoms with Gasteiger partial charge in [-0.3, -0.25) is 0 Å². The molecular weight excluding hydrogens is 264 g/mol. The zero-order chi connectivity index (χ0) is 9.78. The summed E-state index contributed by atoms with van der Waals surface area (Å²) in [4.78, 5) is 0. The third-order valence-corrected chi connectivity index (χ3v) is 2.56. The van der Waals surface area contributed by atoms with E-state index in [1.54, 1.807) is 0 Å². The van der Waals surface area contributed by atoms with Gasteiger partial charge in [-0.2, -0.15) is 0 Å². The molecule has 4 heteroatoms. The van der Waals surface area contributed by atoms with E-state index < -0.39 is 0 Å². The van der Waals surface area contributed by atoms with Gasteiger partial charge in [0.25, 0.3) is 0 Å². The Bertz CT molecular complexity index is 82.3. The lowest BCUT2D eigenvalue weighted by Crippen LogP contribution is -1.97. The Morgan fingerprint density at radius 1 is 0.562 bits per heavy atom. The molecular formula is C12H30Cl3N. The summed E-state index contributed by atoms with van der Waals surface area (Å²) in [6, 6.07) is 0.